The molecule has 2 heterocycles. The molecule has 8 heteroatoms. The molecule has 164 valence electrons. The van der Waals surface area contributed by atoms with Crippen molar-refractivity contribution in [1.29, 1.82) is 0 Å². The van der Waals surface area contributed by atoms with E-state index in [0.29, 0.717) is 35.3 Å². The summed E-state index contributed by atoms with van der Waals surface area (Å²) < 4.78 is 16.9. The average Bonchev–Trinajstić information content (AvgIpc) is 2.82. The van der Waals surface area contributed by atoms with E-state index in [1.54, 1.807) is 56.7 Å². The number of pyridine rings is 1. The largest absolute Gasteiger partial charge is 0.486 e. The van der Waals surface area contributed by atoms with Crippen molar-refractivity contribution in [2.75, 3.05) is 27.3 Å². The zero-order valence-corrected chi connectivity index (χ0v) is 18.5. The number of carbonyl (C=O) groups is 2. The fraction of sp³-hybridized carbons (Fsp3) is 0.208. The maximum Gasteiger partial charge on any atom is 0.342 e. The summed E-state index contributed by atoms with van der Waals surface area (Å²) in [5.74, 6) is 0.396. The molecule has 4 rings (SSSR count). The Morgan fingerprint density at radius 1 is 1.00 bits per heavy atom. The summed E-state index contributed by atoms with van der Waals surface area (Å²) in [5, 5.41) is 0.471. The van der Waals surface area contributed by atoms with E-state index in [-0.39, 0.29) is 11.5 Å². The van der Waals surface area contributed by atoms with Crippen molar-refractivity contribution >= 4 is 23.6 Å². The highest BCUT2D eigenvalue weighted by Gasteiger charge is 2.28. The van der Waals surface area contributed by atoms with Crippen LogP contribution in [0, 0.1) is 0 Å². The topological polar surface area (TPSA) is 78.0 Å². The van der Waals surface area contributed by atoms with Gasteiger partial charge in [-0.1, -0.05) is 42.1 Å². The molecule has 0 saturated carbocycles. The van der Waals surface area contributed by atoms with E-state index < -0.39 is 12.1 Å². The third-order valence-corrected chi connectivity index (χ3v) is 5.72. The molecular weight excluding hydrogens is 428 g/mol. The van der Waals surface area contributed by atoms with Crippen molar-refractivity contribution < 1.29 is 23.8 Å². The van der Waals surface area contributed by atoms with E-state index in [9.17, 15) is 9.59 Å². The first-order valence-corrected chi connectivity index (χ1v) is 10.8. The molecule has 1 aliphatic heterocycles. The van der Waals surface area contributed by atoms with Crippen LogP contribution < -0.4 is 9.47 Å². The van der Waals surface area contributed by atoms with E-state index in [4.69, 9.17) is 14.2 Å². The standard InChI is InChI=1S/C24H22N2O5S/c1-26(2)23(27)21(16-7-4-3-5-8-16)31-24(28)18-9-6-12-25-22(18)32-17-10-11-19-20(15-17)30-14-13-29-19/h3-12,15,21H,13-14H2,1-2H3. The van der Waals surface area contributed by atoms with Crippen LogP contribution in [0.4, 0.5) is 0 Å². The molecule has 0 aliphatic carbocycles. The molecule has 1 aliphatic rings. The predicted molar refractivity (Wildman–Crippen MR) is 119 cm³/mol. The van der Waals surface area contributed by atoms with Gasteiger partial charge >= 0.3 is 5.97 Å². The lowest BCUT2D eigenvalue weighted by Gasteiger charge is -2.21. The van der Waals surface area contributed by atoms with Crippen molar-refractivity contribution in [3.63, 3.8) is 0 Å². The van der Waals surface area contributed by atoms with Crippen molar-refractivity contribution in [1.82, 2.24) is 9.88 Å². The van der Waals surface area contributed by atoms with Crippen LogP contribution >= 0.6 is 11.8 Å². The van der Waals surface area contributed by atoms with Gasteiger partial charge in [0.1, 0.15) is 18.2 Å². The summed E-state index contributed by atoms with van der Waals surface area (Å²) in [7, 11) is 3.25. The molecule has 7 nitrogen and oxygen atoms in total. The maximum absolute atomic E-state index is 13.1. The van der Waals surface area contributed by atoms with Crippen LogP contribution in [-0.2, 0) is 9.53 Å². The first-order chi connectivity index (χ1) is 15.5. The molecule has 0 N–H and O–H groups in total. The van der Waals surface area contributed by atoms with Crippen LogP contribution in [0.25, 0.3) is 0 Å². The molecule has 0 radical (unpaired) electrons. The molecule has 32 heavy (non-hydrogen) atoms. The molecule has 1 atom stereocenters. The van der Waals surface area contributed by atoms with Crippen LogP contribution in [0.15, 0.2) is 76.8 Å². The van der Waals surface area contributed by atoms with Crippen molar-refractivity contribution in [2.45, 2.75) is 16.0 Å². The number of esters is 1. The number of carbonyl (C=O) groups excluding carboxylic acids is 2. The second kappa shape index (κ2) is 9.74. The fourth-order valence-electron chi connectivity index (χ4n) is 3.12. The van der Waals surface area contributed by atoms with Gasteiger partial charge in [0.05, 0.1) is 5.56 Å². The SMILES string of the molecule is CN(C)C(=O)C(OC(=O)c1cccnc1Sc1ccc2c(c1)OCCO2)c1ccccc1. The Hall–Kier alpha value is -3.52. The van der Waals surface area contributed by atoms with Crippen LogP contribution in [0.1, 0.15) is 22.0 Å². The summed E-state index contributed by atoms with van der Waals surface area (Å²) in [5.41, 5.74) is 0.879. The maximum atomic E-state index is 13.1. The number of aromatic nitrogens is 1. The van der Waals surface area contributed by atoms with Gasteiger partial charge in [0.25, 0.3) is 5.91 Å². The van der Waals surface area contributed by atoms with Gasteiger partial charge in [0, 0.05) is 30.8 Å². The Morgan fingerprint density at radius 3 is 2.50 bits per heavy atom. The van der Waals surface area contributed by atoms with Gasteiger partial charge in [-0.25, -0.2) is 9.78 Å². The van der Waals surface area contributed by atoms with Gasteiger partial charge in [-0.15, -0.1) is 0 Å². The third-order valence-electron chi connectivity index (χ3n) is 4.71. The average molecular weight is 451 g/mol. The quantitative estimate of drug-likeness (QED) is 0.526. The molecule has 2 aromatic carbocycles. The molecule has 0 spiro atoms. The molecular formula is C24H22N2O5S. The Kier molecular flexibility index (Phi) is 6.61. The minimum Gasteiger partial charge on any atom is -0.486 e. The first kappa shape index (κ1) is 21.7. The van der Waals surface area contributed by atoms with Gasteiger partial charge in [-0.05, 0) is 30.3 Å². The summed E-state index contributed by atoms with van der Waals surface area (Å²) >= 11 is 1.31. The minimum absolute atomic E-state index is 0.278. The number of rotatable bonds is 6. The number of hydrogen-bond donors (Lipinski definition) is 0. The fourth-order valence-corrected chi connectivity index (χ4v) is 4.02. The van der Waals surface area contributed by atoms with Crippen LogP contribution in [0.3, 0.4) is 0 Å². The zero-order chi connectivity index (χ0) is 22.5. The van der Waals surface area contributed by atoms with E-state index in [0.717, 1.165) is 4.90 Å². The summed E-state index contributed by atoms with van der Waals surface area (Å²) in [6, 6.07) is 17.8. The molecule has 1 amide bonds. The highest BCUT2D eigenvalue weighted by molar-refractivity contribution is 7.99. The number of amides is 1. The molecule has 0 bridgehead atoms. The monoisotopic (exact) mass is 450 g/mol. The van der Waals surface area contributed by atoms with Gasteiger partial charge in [0.15, 0.2) is 11.5 Å². The second-order valence-corrected chi connectivity index (χ2v) is 8.25. The van der Waals surface area contributed by atoms with Gasteiger partial charge in [0.2, 0.25) is 6.10 Å². The molecule has 0 fully saturated rings. The third kappa shape index (κ3) is 4.86. The molecule has 0 saturated heterocycles. The van der Waals surface area contributed by atoms with Gasteiger partial charge in [-0.3, -0.25) is 4.79 Å². The predicted octanol–water partition coefficient (Wildman–Crippen LogP) is 3.99. The van der Waals surface area contributed by atoms with Crippen LogP contribution in [0.2, 0.25) is 0 Å². The van der Waals surface area contributed by atoms with Crippen molar-refractivity contribution in [3.8, 4) is 11.5 Å². The van der Waals surface area contributed by atoms with Crippen molar-refractivity contribution in [3.05, 3.63) is 78.0 Å². The van der Waals surface area contributed by atoms with Crippen LogP contribution in [-0.4, -0.2) is 49.1 Å². The lowest BCUT2D eigenvalue weighted by Crippen LogP contribution is -2.31. The Bertz CT molecular complexity index is 1120. The summed E-state index contributed by atoms with van der Waals surface area (Å²) in [6.45, 7) is 1.01. The molecule has 1 aromatic heterocycles. The lowest BCUT2D eigenvalue weighted by atomic mass is 10.1. The normalized spacial score (nSPS) is 13.2. The second-order valence-electron chi connectivity index (χ2n) is 7.19. The first-order valence-electron chi connectivity index (χ1n) is 10.0. The number of likely N-dealkylation sites (N-methyl/N-ethyl adjacent to an activating group) is 1. The van der Waals surface area contributed by atoms with Crippen molar-refractivity contribution in [2.24, 2.45) is 0 Å². The lowest BCUT2D eigenvalue weighted by molar-refractivity contribution is -0.138. The van der Waals surface area contributed by atoms with Crippen LogP contribution in [0.5, 0.6) is 11.5 Å². The highest BCUT2D eigenvalue weighted by Crippen LogP contribution is 2.37. The summed E-state index contributed by atoms with van der Waals surface area (Å²) in [4.78, 5) is 32.4. The smallest absolute Gasteiger partial charge is 0.342 e. The molecule has 1 unspecified atom stereocenters. The number of hydrogen-bond acceptors (Lipinski definition) is 7. The van der Waals surface area contributed by atoms with Gasteiger partial charge in [-0.2, -0.15) is 0 Å². The minimum atomic E-state index is -1.05. The number of ether oxygens (including phenoxy) is 3. The zero-order valence-electron chi connectivity index (χ0n) is 17.7. The Labute approximate surface area is 190 Å². The molecule has 3 aromatic rings. The van der Waals surface area contributed by atoms with E-state index in [1.807, 2.05) is 24.3 Å². The Balaban J connectivity index is 1.58. The van der Waals surface area contributed by atoms with E-state index in [2.05, 4.69) is 4.98 Å². The number of nitrogens with zero attached hydrogens (tertiary/aromatic N) is 2. The van der Waals surface area contributed by atoms with E-state index >= 15 is 0 Å². The Morgan fingerprint density at radius 2 is 1.75 bits per heavy atom. The highest BCUT2D eigenvalue weighted by atomic mass is 32.2. The van der Waals surface area contributed by atoms with E-state index in [1.165, 1.54) is 16.7 Å². The number of benzene rings is 2. The number of fused-ring (bicyclic) bond motifs is 1. The summed E-state index contributed by atoms with van der Waals surface area (Å²) in [6.07, 6.45) is 0.558. The van der Waals surface area contributed by atoms with Gasteiger partial charge < -0.3 is 19.1 Å².